The largest absolute Gasteiger partial charge is 0.418 e. The summed E-state index contributed by atoms with van der Waals surface area (Å²) in [6.07, 6.45) is 1.65. The van der Waals surface area contributed by atoms with Crippen LogP contribution >= 0.6 is 0 Å². The summed E-state index contributed by atoms with van der Waals surface area (Å²) in [5.41, 5.74) is 2.52. The molecule has 0 saturated carbocycles. The van der Waals surface area contributed by atoms with E-state index in [1.807, 2.05) is 32.9 Å². The molecule has 3 aromatic rings. The van der Waals surface area contributed by atoms with Crippen molar-refractivity contribution in [1.29, 1.82) is 0 Å². The first kappa shape index (κ1) is 15.0. The van der Waals surface area contributed by atoms with Crippen LogP contribution in [0.3, 0.4) is 0 Å². The Morgan fingerprint density at radius 1 is 1.09 bits per heavy atom. The van der Waals surface area contributed by atoms with Crippen molar-refractivity contribution < 1.29 is 9.52 Å². The van der Waals surface area contributed by atoms with E-state index in [0.29, 0.717) is 23.4 Å². The van der Waals surface area contributed by atoms with Crippen LogP contribution in [0.15, 0.2) is 22.7 Å². The molecule has 2 N–H and O–H groups in total. The molecule has 3 rings (SSSR count). The van der Waals surface area contributed by atoms with Gasteiger partial charge in [-0.05, 0) is 32.4 Å². The van der Waals surface area contributed by atoms with Gasteiger partial charge in [0.25, 0.3) is 0 Å². The molecule has 0 aliphatic heterocycles. The highest BCUT2D eigenvalue weighted by atomic mass is 16.4. The molecule has 8 nitrogen and oxygen atoms in total. The summed E-state index contributed by atoms with van der Waals surface area (Å²) < 4.78 is 5.34. The predicted octanol–water partition coefficient (Wildman–Crippen LogP) is 2.08. The zero-order valence-corrected chi connectivity index (χ0v) is 13.0. The standard InChI is InChI=1S/C15H16N6O2/c1-8-4-12(19-13-5-9(2)17-10(3)18-13)16-6-11(8)15-21-20-14(7-22)23-15/h4-6,22H,7H2,1-3H3,(H,16,17,18,19). The first-order chi connectivity index (χ1) is 11.0. The summed E-state index contributed by atoms with van der Waals surface area (Å²) in [5.74, 6) is 2.55. The molecule has 8 heteroatoms. The van der Waals surface area contributed by atoms with Gasteiger partial charge in [-0.3, -0.25) is 0 Å². The van der Waals surface area contributed by atoms with Gasteiger partial charge >= 0.3 is 0 Å². The second-order valence-electron chi connectivity index (χ2n) is 5.11. The summed E-state index contributed by atoms with van der Waals surface area (Å²) in [6, 6.07) is 3.72. The third kappa shape index (κ3) is 3.32. The van der Waals surface area contributed by atoms with Gasteiger partial charge in [0.15, 0.2) is 0 Å². The molecule has 3 heterocycles. The maximum Gasteiger partial charge on any atom is 0.249 e. The molecule has 0 aliphatic rings. The average Bonchev–Trinajstić information content (AvgIpc) is 2.95. The summed E-state index contributed by atoms with van der Waals surface area (Å²) in [7, 11) is 0. The van der Waals surface area contributed by atoms with Crippen LogP contribution in [0.5, 0.6) is 0 Å². The lowest BCUT2D eigenvalue weighted by Crippen LogP contribution is -2.00. The summed E-state index contributed by atoms with van der Waals surface area (Å²) >= 11 is 0. The number of anilines is 2. The molecule has 0 unspecified atom stereocenters. The Labute approximate surface area is 132 Å². The van der Waals surface area contributed by atoms with Gasteiger partial charge in [-0.25, -0.2) is 15.0 Å². The molecule has 0 aromatic carbocycles. The average molecular weight is 312 g/mol. The minimum atomic E-state index is -0.286. The van der Waals surface area contributed by atoms with Gasteiger partial charge in [0.2, 0.25) is 11.8 Å². The van der Waals surface area contributed by atoms with E-state index in [1.165, 1.54) is 0 Å². The molecule has 0 spiro atoms. The Hall–Kier alpha value is -2.87. The van der Waals surface area contributed by atoms with Crippen LogP contribution in [0.1, 0.15) is 23.0 Å². The van der Waals surface area contributed by atoms with Gasteiger partial charge in [0.1, 0.15) is 24.1 Å². The van der Waals surface area contributed by atoms with Crippen LogP contribution < -0.4 is 5.32 Å². The lowest BCUT2D eigenvalue weighted by molar-refractivity contribution is 0.241. The minimum Gasteiger partial charge on any atom is -0.418 e. The van der Waals surface area contributed by atoms with Gasteiger partial charge in [-0.2, -0.15) is 0 Å². The van der Waals surface area contributed by atoms with E-state index in [0.717, 1.165) is 16.8 Å². The molecule has 0 radical (unpaired) electrons. The molecule has 0 atom stereocenters. The number of aryl methyl sites for hydroxylation is 3. The van der Waals surface area contributed by atoms with E-state index in [-0.39, 0.29) is 12.5 Å². The van der Waals surface area contributed by atoms with E-state index >= 15 is 0 Å². The lowest BCUT2D eigenvalue weighted by atomic mass is 10.1. The SMILES string of the molecule is Cc1cc(Nc2cc(C)c(-c3nnc(CO)o3)cn2)nc(C)n1. The van der Waals surface area contributed by atoms with E-state index in [2.05, 4.69) is 30.5 Å². The van der Waals surface area contributed by atoms with E-state index in [9.17, 15) is 0 Å². The molecule has 0 amide bonds. The van der Waals surface area contributed by atoms with Crippen molar-refractivity contribution in [2.45, 2.75) is 27.4 Å². The van der Waals surface area contributed by atoms with Crippen molar-refractivity contribution in [3.8, 4) is 11.5 Å². The van der Waals surface area contributed by atoms with Crippen LogP contribution in [0.2, 0.25) is 0 Å². The zero-order chi connectivity index (χ0) is 16.4. The summed E-state index contributed by atoms with van der Waals surface area (Å²) in [4.78, 5) is 12.9. The Bertz CT molecular complexity index is 825. The number of hydrogen-bond donors (Lipinski definition) is 2. The number of nitrogens with zero attached hydrogens (tertiary/aromatic N) is 5. The maximum atomic E-state index is 8.99. The number of aliphatic hydroxyl groups is 1. The fourth-order valence-corrected chi connectivity index (χ4v) is 2.19. The number of hydrogen-bond acceptors (Lipinski definition) is 8. The van der Waals surface area contributed by atoms with Gasteiger partial charge in [-0.1, -0.05) is 0 Å². The molecule has 118 valence electrons. The van der Waals surface area contributed by atoms with Crippen LogP contribution in [0.4, 0.5) is 11.6 Å². The molecule has 0 aliphatic carbocycles. The highest BCUT2D eigenvalue weighted by Gasteiger charge is 2.12. The van der Waals surface area contributed by atoms with Crippen LogP contribution in [-0.2, 0) is 6.61 Å². The normalized spacial score (nSPS) is 10.8. The highest BCUT2D eigenvalue weighted by Crippen LogP contribution is 2.24. The van der Waals surface area contributed by atoms with Crippen molar-refractivity contribution in [3.63, 3.8) is 0 Å². The van der Waals surface area contributed by atoms with E-state index in [1.54, 1.807) is 6.20 Å². The Morgan fingerprint density at radius 2 is 1.91 bits per heavy atom. The van der Waals surface area contributed by atoms with Crippen molar-refractivity contribution >= 4 is 11.6 Å². The van der Waals surface area contributed by atoms with Crippen LogP contribution in [0, 0.1) is 20.8 Å². The predicted molar refractivity (Wildman–Crippen MR) is 83.0 cm³/mol. The maximum absolute atomic E-state index is 8.99. The summed E-state index contributed by atoms with van der Waals surface area (Å²) in [6.45, 7) is 5.39. The van der Waals surface area contributed by atoms with Gasteiger partial charge in [0.05, 0.1) is 5.56 Å². The van der Waals surface area contributed by atoms with Crippen LogP contribution in [0.25, 0.3) is 11.5 Å². The zero-order valence-electron chi connectivity index (χ0n) is 13.0. The van der Waals surface area contributed by atoms with Crippen molar-refractivity contribution in [1.82, 2.24) is 25.1 Å². The number of pyridine rings is 1. The van der Waals surface area contributed by atoms with Gasteiger partial charge in [-0.15, -0.1) is 10.2 Å². The fourth-order valence-electron chi connectivity index (χ4n) is 2.19. The monoisotopic (exact) mass is 312 g/mol. The third-order valence-electron chi connectivity index (χ3n) is 3.17. The van der Waals surface area contributed by atoms with Crippen LogP contribution in [-0.4, -0.2) is 30.3 Å². The quantitative estimate of drug-likeness (QED) is 0.753. The Balaban J connectivity index is 1.86. The summed E-state index contributed by atoms with van der Waals surface area (Å²) in [5, 5.41) is 19.8. The van der Waals surface area contributed by atoms with E-state index < -0.39 is 0 Å². The van der Waals surface area contributed by atoms with Crippen molar-refractivity contribution in [2.24, 2.45) is 0 Å². The molecule has 23 heavy (non-hydrogen) atoms. The number of aromatic nitrogens is 5. The van der Waals surface area contributed by atoms with E-state index in [4.69, 9.17) is 9.52 Å². The van der Waals surface area contributed by atoms with Gasteiger partial charge in [0, 0.05) is 18.0 Å². The lowest BCUT2D eigenvalue weighted by Gasteiger charge is -2.08. The molecule has 0 fully saturated rings. The first-order valence-corrected chi connectivity index (χ1v) is 7.04. The van der Waals surface area contributed by atoms with Crippen molar-refractivity contribution in [2.75, 3.05) is 5.32 Å². The van der Waals surface area contributed by atoms with Crippen molar-refractivity contribution in [3.05, 3.63) is 41.3 Å². The molecule has 0 saturated heterocycles. The molecular weight excluding hydrogens is 296 g/mol. The topological polar surface area (TPSA) is 110 Å². The molecule has 0 bridgehead atoms. The second-order valence-corrected chi connectivity index (χ2v) is 5.11. The minimum absolute atomic E-state index is 0.175. The second kappa shape index (κ2) is 6.09. The number of rotatable bonds is 4. The number of nitrogens with one attached hydrogen (secondary N) is 1. The molecule has 3 aromatic heterocycles. The Morgan fingerprint density at radius 3 is 2.57 bits per heavy atom. The highest BCUT2D eigenvalue weighted by molar-refractivity contribution is 5.62. The smallest absolute Gasteiger partial charge is 0.249 e. The fraction of sp³-hybridized carbons (Fsp3) is 0.267. The molecular formula is C15H16N6O2. The van der Waals surface area contributed by atoms with Gasteiger partial charge < -0.3 is 14.8 Å². The first-order valence-electron chi connectivity index (χ1n) is 7.04. The third-order valence-corrected chi connectivity index (χ3v) is 3.17. The number of aliphatic hydroxyl groups excluding tert-OH is 1. The Kier molecular flexibility index (Phi) is 3.98.